The summed E-state index contributed by atoms with van der Waals surface area (Å²) in [6, 6.07) is 10.0. The Bertz CT molecular complexity index is 618. The van der Waals surface area contributed by atoms with Crippen molar-refractivity contribution in [1.82, 2.24) is 15.2 Å². The van der Waals surface area contributed by atoms with E-state index in [-0.39, 0.29) is 11.9 Å². The van der Waals surface area contributed by atoms with Crippen molar-refractivity contribution in [3.63, 3.8) is 0 Å². The Morgan fingerprint density at radius 2 is 2.05 bits per heavy atom. The molecule has 4 nitrogen and oxygen atoms in total. The molecule has 2 aromatic rings. The maximum atomic E-state index is 12.3. The second-order valence-corrected chi connectivity index (χ2v) is 5.47. The topological polar surface area (TPSA) is 45.2 Å². The summed E-state index contributed by atoms with van der Waals surface area (Å²) in [5.74, 6) is -0.0159. The number of hydrogen-bond acceptors (Lipinski definition) is 3. The maximum Gasteiger partial charge on any atom is 0.253 e. The largest absolute Gasteiger partial charge is 0.349 e. The highest BCUT2D eigenvalue weighted by atomic mass is 16.1. The number of likely N-dealkylation sites (tertiary alicyclic amines) is 1. The molecule has 1 aromatic carbocycles. The van der Waals surface area contributed by atoms with Gasteiger partial charge in [0.05, 0.1) is 11.1 Å². The molecule has 1 fully saturated rings. The number of para-hydroxylation sites is 1. The average Bonchev–Trinajstić information content (AvgIpc) is 2.49. The zero-order chi connectivity index (χ0) is 13.9. The van der Waals surface area contributed by atoms with Gasteiger partial charge in [0.1, 0.15) is 0 Å². The lowest BCUT2D eigenvalue weighted by Crippen LogP contribution is -2.43. The first kappa shape index (κ1) is 13.1. The molecule has 104 valence electrons. The van der Waals surface area contributed by atoms with Crippen LogP contribution in [0.5, 0.6) is 0 Å². The average molecular weight is 269 g/mol. The van der Waals surface area contributed by atoms with E-state index in [2.05, 4.69) is 22.2 Å². The Labute approximate surface area is 118 Å². The standard InChI is InChI=1S/C16H19N3O/c1-19-8-6-14(7-9-19)18-16(20)13-10-12-4-2-3-5-15(12)17-11-13/h2-5,10-11,14H,6-9H2,1H3,(H,18,20). The summed E-state index contributed by atoms with van der Waals surface area (Å²) in [5.41, 5.74) is 1.56. The third kappa shape index (κ3) is 2.80. The quantitative estimate of drug-likeness (QED) is 0.907. The van der Waals surface area contributed by atoms with E-state index in [0.29, 0.717) is 5.56 Å². The van der Waals surface area contributed by atoms with Crippen molar-refractivity contribution in [3.05, 3.63) is 42.1 Å². The van der Waals surface area contributed by atoms with Crippen LogP contribution in [0.3, 0.4) is 0 Å². The molecule has 0 aliphatic carbocycles. The van der Waals surface area contributed by atoms with Crippen LogP contribution in [-0.2, 0) is 0 Å². The Morgan fingerprint density at radius 1 is 1.30 bits per heavy atom. The molecule has 1 aliphatic rings. The van der Waals surface area contributed by atoms with E-state index in [1.807, 2.05) is 30.3 Å². The zero-order valence-corrected chi connectivity index (χ0v) is 11.7. The third-order valence-corrected chi connectivity index (χ3v) is 3.91. The van der Waals surface area contributed by atoms with Gasteiger partial charge in [0.15, 0.2) is 0 Å². The molecule has 0 atom stereocenters. The minimum Gasteiger partial charge on any atom is -0.349 e. The molecule has 0 spiro atoms. The normalized spacial score (nSPS) is 17.2. The summed E-state index contributed by atoms with van der Waals surface area (Å²) in [6.45, 7) is 2.09. The summed E-state index contributed by atoms with van der Waals surface area (Å²) < 4.78 is 0. The highest BCUT2D eigenvalue weighted by Gasteiger charge is 2.19. The van der Waals surface area contributed by atoms with Crippen LogP contribution in [0.25, 0.3) is 10.9 Å². The lowest BCUT2D eigenvalue weighted by Gasteiger charge is -2.29. The number of piperidine rings is 1. The number of hydrogen-bond donors (Lipinski definition) is 1. The van der Waals surface area contributed by atoms with E-state index < -0.39 is 0 Å². The number of aromatic nitrogens is 1. The van der Waals surface area contributed by atoms with Crippen molar-refractivity contribution in [2.75, 3.05) is 20.1 Å². The summed E-state index contributed by atoms with van der Waals surface area (Å²) in [5, 5.41) is 4.12. The van der Waals surface area contributed by atoms with Crippen LogP contribution in [0, 0.1) is 0 Å². The molecular weight excluding hydrogens is 250 g/mol. The van der Waals surface area contributed by atoms with E-state index in [1.165, 1.54) is 0 Å². The summed E-state index contributed by atoms with van der Waals surface area (Å²) in [6.07, 6.45) is 3.69. The van der Waals surface area contributed by atoms with Gasteiger partial charge in [0, 0.05) is 17.6 Å². The van der Waals surface area contributed by atoms with Crippen molar-refractivity contribution >= 4 is 16.8 Å². The van der Waals surface area contributed by atoms with Crippen molar-refractivity contribution < 1.29 is 4.79 Å². The van der Waals surface area contributed by atoms with Crippen LogP contribution < -0.4 is 5.32 Å². The first-order valence-electron chi connectivity index (χ1n) is 7.06. The number of rotatable bonds is 2. The number of carbonyl (C=O) groups excluding carboxylic acids is 1. The van der Waals surface area contributed by atoms with Gasteiger partial charge in [0.2, 0.25) is 0 Å². The van der Waals surface area contributed by atoms with E-state index in [0.717, 1.165) is 36.8 Å². The highest BCUT2D eigenvalue weighted by Crippen LogP contribution is 2.14. The molecule has 4 heteroatoms. The molecule has 0 radical (unpaired) electrons. The van der Waals surface area contributed by atoms with Gasteiger partial charge in [-0.25, -0.2) is 0 Å². The number of carbonyl (C=O) groups is 1. The van der Waals surface area contributed by atoms with Crippen LogP contribution in [0.1, 0.15) is 23.2 Å². The van der Waals surface area contributed by atoms with E-state index in [4.69, 9.17) is 0 Å². The number of pyridine rings is 1. The molecule has 1 N–H and O–H groups in total. The number of benzene rings is 1. The SMILES string of the molecule is CN1CCC(NC(=O)c2cnc3ccccc3c2)CC1. The van der Waals surface area contributed by atoms with Gasteiger partial charge < -0.3 is 10.2 Å². The van der Waals surface area contributed by atoms with E-state index in [1.54, 1.807) is 6.20 Å². The summed E-state index contributed by atoms with van der Waals surface area (Å²) in [4.78, 5) is 18.9. The van der Waals surface area contributed by atoms with Gasteiger partial charge in [-0.1, -0.05) is 18.2 Å². The van der Waals surface area contributed by atoms with Crippen molar-refractivity contribution in [1.29, 1.82) is 0 Å². The van der Waals surface area contributed by atoms with E-state index in [9.17, 15) is 4.79 Å². The predicted molar refractivity (Wildman–Crippen MR) is 79.7 cm³/mol. The minimum atomic E-state index is -0.0159. The van der Waals surface area contributed by atoms with Gasteiger partial charge >= 0.3 is 0 Å². The molecule has 0 saturated carbocycles. The molecule has 0 unspecified atom stereocenters. The Hall–Kier alpha value is -1.94. The summed E-state index contributed by atoms with van der Waals surface area (Å²) in [7, 11) is 2.12. The number of amides is 1. The van der Waals surface area contributed by atoms with Crippen LogP contribution in [-0.4, -0.2) is 42.0 Å². The molecule has 20 heavy (non-hydrogen) atoms. The summed E-state index contributed by atoms with van der Waals surface area (Å²) >= 11 is 0. The fourth-order valence-electron chi connectivity index (χ4n) is 2.62. The van der Waals surface area contributed by atoms with Crippen LogP contribution in [0.4, 0.5) is 0 Å². The number of nitrogens with zero attached hydrogens (tertiary/aromatic N) is 2. The number of fused-ring (bicyclic) bond motifs is 1. The number of nitrogens with one attached hydrogen (secondary N) is 1. The molecule has 1 saturated heterocycles. The van der Waals surface area contributed by atoms with Gasteiger partial charge in [-0.15, -0.1) is 0 Å². The maximum absolute atomic E-state index is 12.3. The lowest BCUT2D eigenvalue weighted by molar-refractivity contribution is 0.0916. The second-order valence-electron chi connectivity index (χ2n) is 5.47. The fourth-order valence-corrected chi connectivity index (χ4v) is 2.62. The van der Waals surface area contributed by atoms with Crippen molar-refractivity contribution in [2.24, 2.45) is 0 Å². The van der Waals surface area contributed by atoms with E-state index >= 15 is 0 Å². The van der Waals surface area contributed by atoms with Crippen LogP contribution in [0.15, 0.2) is 36.5 Å². The van der Waals surface area contributed by atoms with Gasteiger partial charge in [0.25, 0.3) is 5.91 Å². The van der Waals surface area contributed by atoms with Gasteiger partial charge in [-0.3, -0.25) is 9.78 Å². The Kier molecular flexibility index (Phi) is 3.65. The van der Waals surface area contributed by atoms with Crippen molar-refractivity contribution in [2.45, 2.75) is 18.9 Å². The zero-order valence-electron chi connectivity index (χ0n) is 11.7. The first-order valence-corrected chi connectivity index (χ1v) is 7.06. The molecule has 2 heterocycles. The molecule has 1 amide bonds. The molecular formula is C16H19N3O. The first-order chi connectivity index (χ1) is 9.72. The Morgan fingerprint density at radius 3 is 2.85 bits per heavy atom. The second kappa shape index (κ2) is 5.59. The van der Waals surface area contributed by atoms with Gasteiger partial charge in [-0.05, 0) is 45.1 Å². The molecule has 0 bridgehead atoms. The molecule has 1 aromatic heterocycles. The minimum absolute atomic E-state index is 0.0159. The van der Waals surface area contributed by atoms with Gasteiger partial charge in [-0.2, -0.15) is 0 Å². The fraction of sp³-hybridized carbons (Fsp3) is 0.375. The highest BCUT2D eigenvalue weighted by molar-refractivity contribution is 5.97. The van der Waals surface area contributed by atoms with Crippen molar-refractivity contribution in [3.8, 4) is 0 Å². The third-order valence-electron chi connectivity index (χ3n) is 3.91. The predicted octanol–water partition coefficient (Wildman–Crippen LogP) is 2.06. The monoisotopic (exact) mass is 269 g/mol. The smallest absolute Gasteiger partial charge is 0.253 e. The van der Waals surface area contributed by atoms with Crippen LogP contribution in [0.2, 0.25) is 0 Å². The van der Waals surface area contributed by atoms with Crippen LogP contribution >= 0.6 is 0 Å². The molecule has 1 aliphatic heterocycles. The Balaban J connectivity index is 1.72. The lowest BCUT2D eigenvalue weighted by atomic mass is 10.0. The molecule has 3 rings (SSSR count).